The molecule has 1 aliphatic rings. The fraction of sp³-hybridized carbons (Fsp3) is 0.438. The molecule has 0 saturated carbocycles. The molecule has 2 aromatic rings. The molecule has 1 atom stereocenters. The predicted octanol–water partition coefficient (Wildman–Crippen LogP) is 2.90. The Morgan fingerprint density at radius 2 is 2.27 bits per heavy atom. The number of carboxylic acid groups (broad SMARTS) is 1. The van der Waals surface area contributed by atoms with Crippen LogP contribution in [0.3, 0.4) is 0 Å². The second kappa shape index (κ2) is 6.27. The van der Waals surface area contributed by atoms with Crippen molar-refractivity contribution in [2.45, 2.75) is 38.8 Å². The van der Waals surface area contributed by atoms with Gasteiger partial charge in [-0.2, -0.15) is 5.10 Å². The summed E-state index contributed by atoms with van der Waals surface area (Å²) in [6.07, 6.45) is 6.83. The second-order valence-electron chi connectivity index (χ2n) is 5.33. The number of carbonyl (C=O) groups is 1. The molecular formula is C16H19N3O3. The van der Waals surface area contributed by atoms with Gasteiger partial charge in [-0.05, 0) is 43.4 Å². The molecule has 1 aliphatic heterocycles. The van der Waals surface area contributed by atoms with Gasteiger partial charge in [-0.25, -0.2) is 9.48 Å². The normalized spacial score (nSPS) is 18.3. The smallest absolute Gasteiger partial charge is 0.336 e. The Bertz CT molecular complexity index is 675. The van der Waals surface area contributed by atoms with E-state index in [2.05, 4.69) is 10.1 Å². The first-order valence-corrected chi connectivity index (χ1v) is 7.59. The molecule has 0 amide bonds. The Labute approximate surface area is 128 Å². The van der Waals surface area contributed by atoms with Crippen LogP contribution in [0.15, 0.2) is 24.5 Å². The number of carboxylic acids is 1. The number of hydrogen-bond donors (Lipinski definition) is 1. The molecule has 0 aliphatic carbocycles. The van der Waals surface area contributed by atoms with Gasteiger partial charge >= 0.3 is 5.97 Å². The first-order chi connectivity index (χ1) is 10.7. The summed E-state index contributed by atoms with van der Waals surface area (Å²) >= 11 is 0. The van der Waals surface area contributed by atoms with E-state index in [0.29, 0.717) is 17.7 Å². The molecule has 0 bridgehead atoms. The Hall–Kier alpha value is -2.21. The average molecular weight is 301 g/mol. The molecule has 6 nitrogen and oxygen atoms in total. The molecule has 1 saturated heterocycles. The van der Waals surface area contributed by atoms with Crippen molar-refractivity contribution in [1.29, 1.82) is 0 Å². The van der Waals surface area contributed by atoms with Crippen LogP contribution in [0.2, 0.25) is 0 Å². The van der Waals surface area contributed by atoms with Crippen LogP contribution in [0, 0.1) is 0 Å². The van der Waals surface area contributed by atoms with Gasteiger partial charge in [0.05, 0.1) is 17.0 Å². The Balaban J connectivity index is 2.07. The van der Waals surface area contributed by atoms with E-state index in [1.54, 1.807) is 12.3 Å². The fourth-order valence-corrected chi connectivity index (χ4v) is 2.92. The number of pyridine rings is 1. The largest absolute Gasteiger partial charge is 0.478 e. The van der Waals surface area contributed by atoms with Crippen LogP contribution < -0.4 is 0 Å². The molecule has 6 heteroatoms. The molecule has 0 spiro atoms. The summed E-state index contributed by atoms with van der Waals surface area (Å²) in [5.74, 6) is -0.930. The van der Waals surface area contributed by atoms with Crippen LogP contribution in [0.1, 0.15) is 48.3 Å². The van der Waals surface area contributed by atoms with E-state index in [1.807, 2.05) is 17.7 Å². The summed E-state index contributed by atoms with van der Waals surface area (Å²) in [6.45, 7) is 2.66. The molecule has 116 valence electrons. The molecule has 0 aromatic carbocycles. The van der Waals surface area contributed by atoms with Gasteiger partial charge in [0, 0.05) is 19.0 Å². The van der Waals surface area contributed by atoms with Crippen LogP contribution in [0.25, 0.3) is 11.4 Å². The van der Waals surface area contributed by atoms with E-state index in [-0.39, 0.29) is 6.23 Å². The molecule has 1 unspecified atom stereocenters. The van der Waals surface area contributed by atoms with E-state index < -0.39 is 5.97 Å². The Morgan fingerprint density at radius 3 is 2.95 bits per heavy atom. The van der Waals surface area contributed by atoms with Gasteiger partial charge in [0.15, 0.2) is 6.23 Å². The number of ether oxygens (including phenoxy) is 1. The molecule has 1 N–H and O–H groups in total. The van der Waals surface area contributed by atoms with Crippen LogP contribution in [-0.2, 0) is 11.2 Å². The molecule has 22 heavy (non-hydrogen) atoms. The van der Waals surface area contributed by atoms with Gasteiger partial charge < -0.3 is 9.84 Å². The quantitative estimate of drug-likeness (QED) is 0.939. The van der Waals surface area contributed by atoms with Crippen molar-refractivity contribution < 1.29 is 14.6 Å². The van der Waals surface area contributed by atoms with Crippen molar-refractivity contribution in [2.75, 3.05) is 6.61 Å². The van der Waals surface area contributed by atoms with Crippen molar-refractivity contribution in [3.8, 4) is 11.4 Å². The van der Waals surface area contributed by atoms with Crippen LogP contribution >= 0.6 is 0 Å². The fourth-order valence-electron chi connectivity index (χ4n) is 2.92. The lowest BCUT2D eigenvalue weighted by Gasteiger charge is -2.24. The third kappa shape index (κ3) is 2.62. The lowest BCUT2D eigenvalue weighted by molar-refractivity contribution is -0.0384. The minimum Gasteiger partial charge on any atom is -0.478 e. The van der Waals surface area contributed by atoms with Crippen LogP contribution in [-0.4, -0.2) is 32.4 Å². The zero-order valence-corrected chi connectivity index (χ0v) is 12.5. The maximum absolute atomic E-state index is 11.4. The van der Waals surface area contributed by atoms with Gasteiger partial charge in [0.25, 0.3) is 0 Å². The highest BCUT2D eigenvalue weighted by Crippen LogP contribution is 2.30. The Kier molecular flexibility index (Phi) is 4.20. The van der Waals surface area contributed by atoms with E-state index >= 15 is 0 Å². The van der Waals surface area contributed by atoms with Crippen LogP contribution in [0.4, 0.5) is 0 Å². The maximum Gasteiger partial charge on any atom is 0.336 e. The highest BCUT2D eigenvalue weighted by Gasteiger charge is 2.23. The second-order valence-corrected chi connectivity index (χ2v) is 5.33. The van der Waals surface area contributed by atoms with Gasteiger partial charge in [0.2, 0.25) is 0 Å². The van der Waals surface area contributed by atoms with E-state index in [1.165, 1.54) is 6.20 Å². The van der Waals surface area contributed by atoms with E-state index in [9.17, 15) is 9.90 Å². The first kappa shape index (κ1) is 14.7. The van der Waals surface area contributed by atoms with Crippen molar-refractivity contribution in [1.82, 2.24) is 14.8 Å². The third-order valence-corrected chi connectivity index (χ3v) is 3.98. The summed E-state index contributed by atoms with van der Waals surface area (Å²) in [5.41, 5.74) is 2.51. The summed E-state index contributed by atoms with van der Waals surface area (Å²) in [6, 6.07) is 3.41. The summed E-state index contributed by atoms with van der Waals surface area (Å²) < 4.78 is 7.62. The van der Waals surface area contributed by atoms with Crippen molar-refractivity contribution in [3.05, 3.63) is 35.7 Å². The van der Waals surface area contributed by atoms with E-state index in [4.69, 9.17) is 4.74 Å². The number of hydrogen-bond acceptors (Lipinski definition) is 4. The zero-order valence-electron chi connectivity index (χ0n) is 12.5. The van der Waals surface area contributed by atoms with Gasteiger partial charge in [-0.1, -0.05) is 6.92 Å². The molecule has 0 radical (unpaired) electrons. The topological polar surface area (TPSA) is 77.2 Å². The molecule has 1 fully saturated rings. The maximum atomic E-state index is 11.4. The molecular weight excluding hydrogens is 282 g/mol. The van der Waals surface area contributed by atoms with E-state index in [0.717, 1.165) is 37.1 Å². The van der Waals surface area contributed by atoms with Crippen LogP contribution in [0.5, 0.6) is 0 Å². The number of aromatic carboxylic acids is 1. The summed E-state index contributed by atoms with van der Waals surface area (Å²) in [5, 5.41) is 13.7. The van der Waals surface area contributed by atoms with Gasteiger partial charge in [0.1, 0.15) is 0 Å². The van der Waals surface area contributed by atoms with Crippen molar-refractivity contribution >= 4 is 5.97 Å². The number of nitrogens with zero attached hydrogens (tertiary/aromatic N) is 3. The van der Waals surface area contributed by atoms with Crippen molar-refractivity contribution in [3.63, 3.8) is 0 Å². The lowest BCUT2D eigenvalue weighted by atomic mass is 10.0. The predicted molar refractivity (Wildman–Crippen MR) is 80.6 cm³/mol. The minimum atomic E-state index is -0.930. The molecule has 3 rings (SSSR count). The summed E-state index contributed by atoms with van der Waals surface area (Å²) in [4.78, 5) is 15.8. The first-order valence-electron chi connectivity index (χ1n) is 7.59. The molecule has 3 heterocycles. The third-order valence-electron chi connectivity index (χ3n) is 3.98. The minimum absolute atomic E-state index is 0.0984. The Morgan fingerprint density at radius 1 is 1.41 bits per heavy atom. The van der Waals surface area contributed by atoms with Gasteiger partial charge in [-0.3, -0.25) is 4.98 Å². The number of rotatable bonds is 4. The standard InChI is InChI=1S/C16H19N3O3/c1-2-11-12(16(20)21)6-8-17-15(11)13-7-9-18-19(13)14-5-3-4-10-22-14/h6-9,14H,2-5,10H2,1H3,(H,20,21). The SMILES string of the molecule is CCc1c(C(=O)O)ccnc1-c1ccnn1C1CCCCO1. The lowest BCUT2D eigenvalue weighted by Crippen LogP contribution is -2.20. The van der Waals surface area contributed by atoms with Crippen molar-refractivity contribution in [2.24, 2.45) is 0 Å². The molecule has 2 aromatic heterocycles. The number of aromatic nitrogens is 3. The highest BCUT2D eigenvalue weighted by atomic mass is 16.5. The van der Waals surface area contributed by atoms with Gasteiger partial charge in [-0.15, -0.1) is 0 Å². The highest BCUT2D eigenvalue weighted by molar-refractivity contribution is 5.91. The zero-order chi connectivity index (χ0) is 15.5. The average Bonchev–Trinajstić information content (AvgIpc) is 3.04. The monoisotopic (exact) mass is 301 g/mol. The summed E-state index contributed by atoms with van der Waals surface area (Å²) in [7, 11) is 0.